The maximum Gasteiger partial charge on any atom is 0.351 e. The first-order valence-electron chi connectivity index (χ1n) is 6.88. The number of benzene rings is 1. The molecule has 22 heavy (non-hydrogen) atoms. The van der Waals surface area contributed by atoms with Crippen molar-refractivity contribution in [3.8, 4) is 5.75 Å². The summed E-state index contributed by atoms with van der Waals surface area (Å²) in [5.41, 5.74) is -0.640. The van der Waals surface area contributed by atoms with Crippen molar-refractivity contribution < 1.29 is 24.2 Å². The zero-order valence-electron chi connectivity index (χ0n) is 11.7. The number of phenols is 1. The SMILES string of the molecule is O=C(O)c1cc2ccc(O)c(CN3CCOCC3)c2oc1=O. The van der Waals surface area contributed by atoms with Crippen molar-refractivity contribution in [3.63, 3.8) is 0 Å². The Bertz CT molecular complexity index is 775. The first kappa shape index (κ1) is 14.6. The molecule has 0 saturated carbocycles. The second kappa shape index (κ2) is 5.78. The van der Waals surface area contributed by atoms with Crippen molar-refractivity contribution in [1.82, 2.24) is 4.90 Å². The predicted octanol–water partition coefficient (Wildman–Crippen LogP) is 1.03. The van der Waals surface area contributed by atoms with Crippen molar-refractivity contribution in [2.45, 2.75) is 6.54 Å². The summed E-state index contributed by atoms with van der Waals surface area (Å²) >= 11 is 0. The van der Waals surface area contributed by atoms with Gasteiger partial charge in [0.05, 0.1) is 18.8 Å². The van der Waals surface area contributed by atoms with Gasteiger partial charge in [-0.25, -0.2) is 9.59 Å². The standard InChI is InChI=1S/C15H15NO6/c17-12-2-1-9-7-10(14(18)19)15(20)22-13(9)11(12)8-16-3-5-21-6-4-16/h1-2,7,17H,3-6,8H2,(H,18,19). The minimum atomic E-state index is -1.33. The maximum absolute atomic E-state index is 11.8. The van der Waals surface area contributed by atoms with E-state index in [4.69, 9.17) is 14.3 Å². The second-order valence-corrected chi connectivity index (χ2v) is 5.12. The van der Waals surface area contributed by atoms with Gasteiger partial charge in [0.25, 0.3) is 0 Å². The van der Waals surface area contributed by atoms with Crippen LogP contribution >= 0.6 is 0 Å². The molecule has 1 saturated heterocycles. The molecule has 0 aliphatic carbocycles. The van der Waals surface area contributed by atoms with Crippen LogP contribution in [0.25, 0.3) is 11.0 Å². The van der Waals surface area contributed by atoms with E-state index in [0.717, 1.165) is 0 Å². The van der Waals surface area contributed by atoms with E-state index in [1.165, 1.54) is 18.2 Å². The quantitative estimate of drug-likeness (QED) is 0.817. The molecule has 0 atom stereocenters. The molecule has 3 rings (SSSR count). The van der Waals surface area contributed by atoms with Gasteiger partial charge in [-0.05, 0) is 18.2 Å². The van der Waals surface area contributed by atoms with Crippen molar-refractivity contribution in [2.75, 3.05) is 26.3 Å². The highest BCUT2D eigenvalue weighted by Crippen LogP contribution is 2.28. The van der Waals surface area contributed by atoms with E-state index in [0.29, 0.717) is 43.8 Å². The Balaban J connectivity index is 2.08. The molecule has 1 aromatic carbocycles. The van der Waals surface area contributed by atoms with Crippen LogP contribution in [0.2, 0.25) is 0 Å². The smallest absolute Gasteiger partial charge is 0.351 e. The van der Waals surface area contributed by atoms with Crippen LogP contribution in [0, 0.1) is 0 Å². The zero-order chi connectivity index (χ0) is 15.7. The molecule has 0 bridgehead atoms. The highest BCUT2D eigenvalue weighted by atomic mass is 16.5. The predicted molar refractivity (Wildman–Crippen MR) is 77.2 cm³/mol. The Labute approximate surface area is 125 Å². The van der Waals surface area contributed by atoms with Crippen LogP contribution in [0.5, 0.6) is 5.75 Å². The summed E-state index contributed by atoms with van der Waals surface area (Å²) in [5, 5.41) is 19.5. The monoisotopic (exact) mass is 305 g/mol. The van der Waals surface area contributed by atoms with Gasteiger partial charge in [-0.1, -0.05) is 0 Å². The number of phenolic OH excluding ortho intramolecular Hbond substituents is 1. The van der Waals surface area contributed by atoms with Crippen molar-refractivity contribution in [2.24, 2.45) is 0 Å². The summed E-state index contributed by atoms with van der Waals surface area (Å²) in [6, 6.07) is 4.28. The maximum atomic E-state index is 11.8. The molecule has 0 amide bonds. The molecule has 1 aliphatic rings. The molecule has 116 valence electrons. The van der Waals surface area contributed by atoms with E-state index in [-0.39, 0.29) is 11.3 Å². The number of aromatic hydroxyl groups is 1. The molecular formula is C15H15NO6. The number of nitrogens with zero attached hydrogens (tertiary/aromatic N) is 1. The summed E-state index contributed by atoms with van der Waals surface area (Å²) in [6.07, 6.45) is 0. The molecule has 2 N–H and O–H groups in total. The molecule has 7 heteroatoms. The number of carboxylic acids is 1. The number of hydrogen-bond donors (Lipinski definition) is 2. The summed E-state index contributed by atoms with van der Waals surface area (Å²) in [5.74, 6) is -1.32. The van der Waals surface area contributed by atoms with Crippen molar-refractivity contribution in [1.29, 1.82) is 0 Å². The lowest BCUT2D eigenvalue weighted by atomic mass is 10.1. The summed E-state index contributed by atoms with van der Waals surface area (Å²) < 4.78 is 10.4. The number of hydrogen-bond acceptors (Lipinski definition) is 6. The molecule has 1 aliphatic heterocycles. The average Bonchev–Trinajstić information content (AvgIpc) is 2.51. The van der Waals surface area contributed by atoms with Crippen LogP contribution in [0.4, 0.5) is 0 Å². The molecule has 2 heterocycles. The first-order chi connectivity index (χ1) is 10.6. The molecule has 2 aromatic rings. The molecule has 0 spiro atoms. The molecular weight excluding hydrogens is 290 g/mol. The van der Waals surface area contributed by atoms with Crippen LogP contribution in [-0.4, -0.2) is 47.4 Å². The summed E-state index contributed by atoms with van der Waals surface area (Å²) in [6.45, 7) is 3.06. The third-order valence-corrected chi connectivity index (χ3v) is 3.70. The lowest BCUT2D eigenvalue weighted by molar-refractivity contribution is 0.0339. The van der Waals surface area contributed by atoms with Gasteiger partial charge >= 0.3 is 11.6 Å². The van der Waals surface area contributed by atoms with E-state index in [2.05, 4.69) is 4.90 Å². The van der Waals surface area contributed by atoms with Crippen LogP contribution in [-0.2, 0) is 11.3 Å². The largest absolute Gasteiger partial charge is 0.507 e. The first-order valence-corrected chi connectivity index (χ1v) is 6.88. The van der Waals surface area contributed by atoms with Crippen LogP contribution in [0.1, 0.15) is 15.9 Å². The molecule has 0 unspecified atom stereocenters. The number of carbonyl (C=O) groups is 1. The van der Waals surface area contributed by atoms with E-state index in [9.17, 15) is 14.7 Å². The Morgan fingerprint density at radius 3 is 2.68 bits per heavy atom. The van der Waals surface area contributed by atoms with Gasteiger partial charge in [0.15, 0.2) is 0 Å². The fourth-order valence-corrected chi connectivity index (χ4v) is 2.52. The van der Waals surface area contributed by atoms with Crippen molar-refractivity contribution >= 4 is 16.9 Å². The van der Waals surface area contributed by atoms with Crippen LogP contribution in [0.3, 0.4) is 0 Å². The zero-order valence-corrected chi connectivity index (χ0v) is 11.7. The minimum Gasteiger partial charge on any atom is -0.507 e. The number of rotatable bonds is 3. The molecule has 7 nitrogen and oxygen atoms in total. The van der Waals surface area contributed by atoms with E-state index >= 15 is 0 Å². The van der Waals surface area contributed by atoms with E-state index < -0.39 is 17.2 Å². The Kier molecular flexibility index (Phi) is 3.82. The molecule has 0 radical (unpaired) electrons. The number of fused-ring (bicyclic) bond motifs is 1. The minimum absolute atomic E-state index is 0.0187. The Hall–Kier alpha value is -2.38. The van der Waals surface area contributed by atoms with Gasteiger partial charge in [0.2, 0.25) is 0 Å². The highest BCUT2D eigenvalue weighted by molar-refractivity contribution is 5.92. The van der Waals surface area contributed by atoms with E-state index in [1.807, 2.05) is 0 Å². The third kappa shape index (κ3) is 2.68. The van der Waals surface area contributed by atoms with Gasteiger partial charge in [0, 0.05) is 25.0 Å². The van der Waals surface area contributed by atoms with Gasteiger partial charge in [-0.2, -0.15) is 0 Å². The topological polar surface area (TPSA) is 100 Å². The third-order valence-electron chi connectivity index (χ3n) is 3.70. The Morgan fingerprint density at radius 1 is 1.27 bits per heavy atom. The average molecular weight is 305 g/mol. The number of carboxylic acid groups (broad SMARTS) is 1. The lowest BCUT2D eigenvalue weighted by Crippen LogP contribution is -2.35. The lowest BCUT2D eigenvalue weighted by Gasteiger charge is -2.26. The fraction of sp³-hybridized carbons (Fsp3) is 0.333. The molecule has 1 fully saturated rings. The summed E-state index contributed by atoms with van der Waals surface area (Å²) in [7, 11) is 0. The van der Waals surface area contributed by atoms with Gasteiger partial charge in [0.1, 0.15) is 16.9 Å². The van der Waals surface area contributed by atoms with E-state index in [1.54, 1.807) is 0 Å². The number of morpholine rings is 1. The van der Waals surface area contributed by atoms with Crippen LogP contribution < -0.4 is 5.63 Å². The number of aromatic carboxylic acids is 1. The molecule has 1 aromatic heterocycles. The number of ether oxygens (including phenoxy) is 1. The van der Waals surface area contributed by atoms with Gasteiger partial charge in [-0.3, -0.25) is 4.90 Å². The fourth-order valence-electron chi connectivity index (χ4n) is 2.52. The summed E-state index contributed by atoms with van der Waals surface area (Å²) in [4.78, 5) is 24.8. The van der Waals surface area contributed by atoms with Crippen LogP contribution in [0.15, 0.2) is 27.4 Å². The van der Waals surface area contributed by atoms with Gasteiger partial charge in [-0.15, -0.1) is 0 Å². The normalized spacial score (nSPS) is 16.0. The highest BCUT2D eigenvalue weighted by Gasteiger charge is 2.19. The Morgan fingerprint density at radius 2 is 2.00 bits per heavy atom. The second-order valence-electron chi connectivity index (χ2n) is 5.12. The van der Waals surface area contributed by atoms with Gasteiger partial charge < -0.3 is 19.4 Å². The van der Waals surface area contributed by atoms with Crippen molar-refractivity contribution in [3.05, 3.63) is 39.7 Å².